The molecular formula is C11H11N3O3. The van der Waals surface area contributed by atoms with Crippen LogP contribution in [-0.4, -0.2) is 31.2 Å². The van der Waals surface area contributed by atoms with E-state index in [1.807, 2.05) is 6.92 Å². The molecule has 1 aromatic carbocycles. The smallest absolute Gasteiger partial charge is 0.358 e. The van der Waals surface area contributed by atoms with Crippen molar-refractivity contribution in [1.29, 1.82) is 0 Å². The van der Waals surface area contributed by atoms with Gasteiger partial charge in [0.2, 0.25) is 0 Å². The van der Waals surface area contributed by atoms with Gasteiger partial charge < -0.3 is 10.2 Å². The van der Waals surface area contributed by atoms with Crippen LogP contribution in [0.25, 0.3) is 11.3 Å². The van der Waals surface area contributed by atoms with Gasteiger partial charge >= 0.3 is 5.97 Å². The summed E-state index contributed by atoms with van der Waals surface area (Å²) in [5.41, 5.74) is 0.864. The van der Waals surface area contributed by atoms with E-state index in [9.17, 15) is 9.90 Å². The van der Waals surface area contributed by atoms with Crippen LogP contribution in [-0.2, 0) is 6.54 Å². The maximum atomic E-state index is 11.0. The highest BCUT2D eigenvalue weighted by molar-refractivity contribution is 5.92. The van der Waals surface area contributed by atoms with Gasteiger partial charge in [-0.2, -0.15) is 0 Å². The Bertz CT molecular complexity index is 563. The first-order valence-electron chi connectivity index (χ1n) is 5.09. The molecule has 6 nitrogen and oxygen atoms in total. The molecule has 2 aromatic rings. The van der Waals surface area contributed by atoms with E-state index in [1.54, 1.807) is 12.1 Å². The molecule has 2 rings (SSSR count). The van der Waals surface area contributed by atoms with Gasteiger partial charge in [0.15, 0.2) is 5.69 Å². The van der Waals surface area contributed by atoms with Crippen LogP contribution in [0.2, 0.25) is 0 Å². The van der Waals surface area contributed by atoms with Crippen molar-refractivity contribution in [3.8, 4) is 17.0 Å². The number of hydrogen-bond donors (Lipinski definition) is 2. The van der Waals surface area contributed by atoms with E-state index < -0.39 is 5.97 Å². The summed E-state index contributed by atoms with van der Waals surface area (Å²) in [5, 5.41) is 25.8. The van der Waals surface area contributed by atoms with E-state index in [0.29, 0.717) is 17.8 Å². The lowest BCUT2D eigenvalue weighted by Gasteiger charge is -2.04. The first-order valence-corrected chi connectivity index (χ1v) is 5.09. The fourth-order valence-corrected chi connectivity index (χ4v) is 1.62. The number of benzene rings is 1. The molecule has 6 heteroatoms. The van der Waals surface area contributed by atoms with E-state index >= 15 is 0 Å². The molecule has 2 N–H and O–H groups in total. The Hall–Kier alpha value is -2.37. The summed E-state index contributed by atoms with van der Waals surface area (Å²) in [6, 6.07) is 6.35. The predicted octanol–water partition coefficient (Wildman–Crippen LogP) is 1.37. The van der Waals surface area contributed by atoms with E-state index in [-0.39, 0.29) is 11.4 Å². The van der Waals surface area contributed by atoms with Crippen molar-refractivity contribution in [2.75, 3.05) is 0 Å². The number of aromatic nitrogens is 3. The zero-order valence-corrected chi connectivity index (χ0v) is 9.16. The minimum atomic E-state index is -1.14. The molecule has 0 aliphatic heterocycles. The quantitative estimate of drug-likeness (QED) is 0.835. The highest BCUT2D eigenvalue weighted by atomic mass is 16.4. The van der Waals surface area contributed by atoms with E-state index in [1.165, 1.54) is 16.8 Å². The maximum absolute atomic E-state index is 11.0. The monoisotopic (exact) mass is 233 g/mol. The average molecular weight is 233 g/mol. The van der Waals surface area contributed by atoms with Gasteiger partial charge in [-0.05, 0) is 19.1 Å². The minimum Gasteiger partial charge on any atom is -0.508 e. The maximum Gasteiger partial charge on any atom is 0.358 e. The second-order valence-corrected chi connectivity index (χ2v) is 3.46. The van der Waals surface area contributed by atoms with Gasteiger partial charge in [-0.25, -0.2) is 9.48 Å². The number of carbonyl (C=O) groups is 1. The van der Waals surface area contributed by atoms with Crippen LogP contribution in [0.1, 0.15) is 17.4 Å². The number of aromatic carboxylic acids is 1. The Labute approximate surface area is 97.1 Å². The molecule has 1 aromatic heterocycles. The first kappa shape index (κ1) is 11.1. The summed E-state index contributed by atoms with van der Waals surface area (Å²) < 4.78 is 1.48. The van der Waals surface area contributed by atoms with E-state index in [0.717, 1.165) is 0 Å². The highest BCUT2D eigenvalue weighted by Crippen LogP contribution is 2.25. The predicted molar refractivity (Wildman–Crippen MR) is 59.8 cm³/mol. The standard InChI is InChI=1S/C11H11N3O3/c1-2-14-10(9(11(16)17)12-13-14)7-4-3-5-8(15)6-7/h3-6,15H,2H2,1H3,(H,16,17). The van der Waals surface area contributed by atoms with Crippen molar-refractivity contribution in [3.63, 3.8) is 0 Å². The Balaban J connectivity index is 2.64. The number of phenolic OH excluding ortho intramolecular Hbond substituents is 1. The number of aryl methyl sites for hydroxylation is 1. The third kappa shape index (κ3) is 1.96. The summed E-state index contributed by atoms with van der Waals surface area (Å²) in [6.45, 7) is 2.35. The average Bonchev–Trinajstić information content (AvgIpc) is 2.72. The van der Waals surface area contributed by atoms with Gasteiger partial charge in [-0.1, -0.05) is 17.3 Å². The van der Waals surface area contributed by atoms with Crippen LogP contribution in [0, 0.1) is 0 Å². The van der Waals surface area contributed by atoms with Crippen molar-refractivity contribution in [2.24, 2.45) is 0 Å². The molecular weight excluding hydrogens is 222 g/mol. The number of phenols is 1. The number of carboxylic acid groups (broad SMARTS) is 1. The summed E-state index contributed by atoms with van der Waals surface area (Å²) in [6.07, 6.45) is 0. The molecule has 0 unspecified atom stereocenters. The van der Waals surface area contributed by atoms with Crippen molar-refractivity contribution in [2.45, 2.75) is 13.5 Å². The molecule has 0 aliphatic carbocycles. The lowest BCUT2D eigenvalue weighted by Crippen LogP contribution is -2.03. The molecule has 17 heavy (non-hydrogen) atoms. The fraction of sp³-hybridized carbons (Fsp3) is 0.182. The van der Waals surface area contributed by atoms with Crippen molar-refractivity contribution in [1.82, 2.24) is 15.0 Å². The van der Waals surface area contributed by atoms with Gasteiger partial charge in [-0.15, -0.1) is 5.10 Å². The summed E-state index contributed by atoms with van der Waals surface area (Å²) in [7, 11) is 0. The lowest BCUT2D eigenvalue weighted by molar-refractivity contribution is 0.0691. The molecule has 0 atom stereocenters. The van der Waals surface area contributed by atoms with Gasteiger partial charge in [0.1, 0.15) is 11.4 Å². The zero-order valence-electron chi connectivity index (χ0n) is 9.16. The van der Waals surface area contributed by atoms with E-state index in [4.69, 9.17) is 5.11 Å². The fourth-order valence-electron chi connectivity index (χ4n) is 1.62. The molecule has 0 saturated heterocycles. The van der Waals surface area contributed by atoms with Gasteiger partial charge in [0.25, 0.3) is 0 Å². The van der Waals surface area contributed by atoms with Gasteiger partial charge in [0.05, 0.1) is 0 Å². The summed E-state index contributed by atoms with van der Waals surface area (Å²) in [5.74, 6) is -1.06. The van der Waals surface area contributed by atoms with Gasteiger partial charge in [0, 0.05) is 12.1 Å². The Morgan fingerprint density at radius 2 is 2.24 bits per heavy atom. The SMILES string of the molecule is CCn1nnc(C(=O)O)c1-c1cccc(O)c1. The normalized spacial score (nSPS) is 10.4. The molecule has 0 saturated carbocycles. The van der Waals surface area contributed by atoms with Crippen LogP contribution >= 0.6 is 0 Å². The number of rotatable bonds is 3. The molecule has 88 valence electrons. The summed E-state index contributed by atoms with van der Waals surface area (Å²) >= 11 is 0. The number of nitrogens with zero attached hydrogens (tertiary/aromatic N) is 3. The Morgan fingerprint density at radius 3 is 2.82 bits per heavy atom. The second-order valence-electron chi connectivity index (χ2n) is 3.46. The Morgan fingerprint density at radius 1 is 1.47 bits per heavy atom. The summed E-state index contributed by atoms with van der Waals surface area (Å²) in [4.78, 5) is 11.0. The number of aromatic hydroxyl groups is 1. The topological polar surface area (TPSA) is 88.2 Å². The third-order valence-electron chi connectivity index (χ3n) is 2.36. The van der Waals surface area contributed by atoms with Crippen LogP contribution in [0.5, 0.6) is 5.75 Å². The van der Waals surface area contributed by atoms with Crippen molar-refractivity contribution < 1.29 is 15.0 Å². The van der Waals surface area contributed by atoms with Crippen LogP contribution in [0.15, 0.2) is 24.3 Å². The van der Waals surface area contributed by atoms with Gasteiger partial charge in [-0.3, -0.25) is 0 Å². The molecule has 0 aliphatic rings. The Kier molecular flexibility index (Phi) is 2.78. The lowest BCUT2D eigenvalue weighted by atomic mass is 10.1. The number of hydrogen-bond acceptors (Lipinski definition) is 4. The zero-order chi connectivity index (χ0) is 12.4. The molecule has 0 amide bonds. The van der Waals surface area contributed by atoms with Crippen LogP contribution in [0.4, 0.5) is 0 Å². The van der Waals surface area contributed by atoms with E-state index in [2.05, 4.69) is 10.3 Å². The first-order chi connectivity index (χ1) is 8.13. The molecule has 0 bridgehead atoms. The molecule has 0 radical (unpaired) electrons. The second kappa shape index (κ2) is 4.25. The minimum absolute atomic E-state index is 0.0719. The third-order valence-corrected chi connectivity index (χ3v) is 2.36. The van der Waals surface area contributed by atoms with Crippen LogP contribution in [0.3, 0.4) is 0 Å². The largest absolute Gasteiger partial charge is 0.508 e. The van der Waals surface area contributed by atoms with Crippen molar-refractivity contribution >= 4 is 5.97 Å². The molecule has 1 heterocycles. The number of carboxylic acids is 1. The van der Waals surface area contributed by atoms with Crippen molar-refractivity contribution in [3.05, 3.63) is 30.0 Å². The highest BCUT2D eigenvalue weighted by Gasteiger charge is 2.19. The van der Waals surface area contributed by atoms with Crippen LogP contribution < -0.4 is 0 Å². The molecule has 0 spiro atoms. The molecule has 0 fully saturated rings.